The van der Waals surface area contributed by atoms with Gasteiger partial charge in [0.05, 0.1) is 0 Å². The molecule has 6 rings (SSSR count). The molecule has 41 heavy (non-hydrogen) atoms. The van der Waals surface area contributed by atoms with Gasteiger partial charge in [-0.3, -0.25) is 0 Å². The van der Waals surface area contributed by atoms with E-state index in [-0.39, 0.29) is 0 Å². The third-order valence-corrected chi connectivity index (χ3v) is 10.6. The Kier molecular flexibility index (Phi) is 7.62. The Morgan fingerprint density at radius 1 is 0.780 bits per heavy atom. The first-order valence-corrected chi connectivity index (χ1v) is 15.9. The Hall–Kier alpha value is -3.25. The number of fused-ring (bicyclic) bond motifs is 2. The number of aromatic nitrogens is 2. The quantitative estimate of drug-likeness (QED) is 0.161. The first-order valence-electron chi connectivity index (χ1n) is 13.9. The van der Waals surface area contributed by atoms with Crippen LogP contribution in [0.1, 0.15) is 53.1 Å². The van der Waals surface area contributed by atoms with Gasteiger partial charge in [0.2, 0.25) is 0 Å². The molecule has 0 fully saturated rings. The Morgan fingerprint density at radius 2 is 1.44 bits per heavy atom. The average molecular weight is 596 g/mol. The molecule has 6 heteroatoms. The first kappa shape index (κ1) is 27.9. The second kappa shape index (κ2) is 11.2. The van der Waals surface area contributed by atoms with E-state index >= 15 is 0 Å². The maximum absolute atomic E-state index is 6.90. The molecule has 2 heterocycles. The molecule has 0 bridgehead atoms. The zero-order valence-corrected chi connectivity index (χ0v) is 26.4. The maximum atomic E-state index is 6.90. The van der Waals surface area contributed by atoms with Crippen molar-refractivity contribution in [3.63, 3.8) is 0 Å². The van der Waals surface area contributed by atoms with Crippen LogP contribution >= 0.6 is 35.1 Å². The third kappa shape index (κ3) is 5.27. The summed E-state index contributed by atoms with van der Waals surface area (Å²) in [6.45, 7) is 11.1. The summed E-state index contributed by atoms with van der Waals surface area (Å²) in [6, 6.07) is 21.4. The van der Waals surface area contributed by atoms with Gasteiger partial charge in [0.1, 0.15) is 0 Å². The molecule has 6 aromatic rings. The summed E-state index contributed by atoms with van der Waals surface area (Å²) < 4.78 is 0. The van der Waals surface area contributed by atoms with Crippen molar-refractivity contribution in [1.82, 2.24) is 9.97 Å². The van der Waals surface area contributed by atoms with Crippen molar-refractivity contribution in [2.45, 2.75) is 66.5 Å². The van der Waals surface area contributed by atoms with E-state index in [4.69, 9.17) is 17.3 Å². The highest BCUT2D eigenvalue weighted by Crippen LogP contribution is 2.46. The Morgan fingerprint density at radius 3 is 2.17 bits per heavy atom. The first-order chi connectivity index (χ1) is 19.7. The number of H-pyrrole nitrogens is 2. The van der Waals surface area contributed by atoms with Gasteiger partial charge >= 0.3 is 0 Å². The summed E-state index contributed by atoms with van der Waals surface area (Å²) in [7, 11) is 0. The van der Waals surface area contributed by atoms with E-state index in [0.29, 0.717) is 5.92 Å². The molecule has 0 amide bonds. The highest BCUT2D eigenvalue weighted by molar-refractivity contribution is 8.00. The fourth-order valence-corrected chi connectivity index (χ4v) is 8.24. The molecular formula is C35H34ClN3S2. The number of nitrogens with two attached hydrogens (primary N) is 1. The van der Waals surface area contributed by atoms with E-state index in [0.717, 1.165) is 28.2 Å². The van der Waals surface area contributed by atoms with E-state index in [1.807, 2.05) is 12.1 Å². The number of nitrogen functional groups attached to an aromatic ring is 1. The molecule has 208 valence electrons. The zero-order valence-electron chi connectivity index (χ0n) is 24.0. The Bertz CT molecular complexity index is 1910. The van der Waals surface area contributed by atoms with E-state index < -0.39 is 0 Å². The van der Waals surface area contributed by atoms with Gasteiger partial charge in [-0.1, -0.05) is 85.4 Å². The van der Waals surface area contributed by atoms with Crippen molar-refractivity contribution in [3.05, 3.63) is 111 Å². The van der Waals surface area contributed by atoms with Crippen molar-refractivity contribution in [1.29, 1.82) is 0 Å². The molecule has 0 saturated heterocycles. The van der Waals surface area contributed by atoms with Gasteiger partial charge in [-0.05, 0) is 90.8 Å². The van der Waals surface area contributed by atoms with Gasteiger partial charge in [0.15, 0.2) is 0 Å². The van der Waals surface area contributed by atoms with E-state index in [9.17, 15) is 0 Å². The molecule has 0 saturated carbocycles. The van der Waals surface area contributed by atoms with Crippen LogP contribution in [0, 0.1) is 20.8 Å². The number of anilines is 1. The monoisotopic (exact) mass is 595 g/mol. The van der Waals surface area contributed by atoms with Crippen molar-refractivity contribution in [2.24, 2.45) is 0 Å². The van der Waals surface area contributed by atoms with E-state index in [1.165, 1.54) is 63.7 Å². The van der Waals surface area contributed by atoms with Crippen molar-refractivity contribution < 1.29 is 0 Å². The lowest BCUT2D eigenvalue weighted by molar-refractivity contribution is 0.817. The molecule has 0 aliphatic carbocycles. The molecule has 0 spiro atoms. The molecule has 0 radical (unpaired) electrons. The predicted octanol–water partition coefficient (Wildman–Crippen LogP) is 10.8. The van der Waals surface area contributed by atoms with E-state index in [1.54, 1.807) is 23.5 Å². The number of aromatic amines is 2. The van der Waals surface area contributed by atoms with Crippen LogP contribution in [0.5, 0.6) is 0 Å². The van der Waals surface area contributed by atoms with Crippen LogP contribution in [-0.2, 0) is 6.42 Å². The fraction of sp³-hybridized carbons (Fsp3) is 0.200. The van der Waals surface area contributed by atoms with Crippen molar-refractivity contribution in [2.75, 3.05) is 5.73 Å². The summed E-state index contributed by atoms with van der Waals surface area (Å²) in [5.74, 6) is 0.319. The van der Waals surface area contributed by atoms with Crippen LogP contribution in [0.3, 0.4) is 0 Å². The van der Waals surface area contributed by atoms with Crippen LogP contribution in [-0.4, -0.2) is 9.97 Å². The molecule has 3 nitrogen and oxygen atoms in total. The highest BCUT2D eigenvalue weighted by atomic mass is 35.5. The van der Waals surface area contributed by atoms with Gasteiger partial charge in [0, 0.05) is 64.5 Å². The average Bonchev–Trinajstić information content (AvgIpc) is 3.53. The van der Waals surface area contributed by atoms with Crippen molar-refractivity contribution in [3.8, 4) is 0 Å². The smallest absolute Gasteiger partial charge is 0.0491 e. The number of hydrogen-bond donors (Lipinski definition) is 3. The molecule has 0 aliphatic heterocycles. The van der Waals surface area contributed by atoms with Crippen LogP contribution in [0.25, 0.3) is 21.8 Å². The lowest BCUT2D eigenvalue weighted by Crippen LogP contribution is -2.09. The summed E-state index contributed by atoms with van der Waals surface area (Å²) in [4.78, 5) is 11.7. The summed E-state index contributed by atoms with van der Waals surface area (Å²) in [6.07, 6.45) is 5.05. The molecule has 0 aliphatic rings. The van der Waals surface area contributed by atoms with Gasteiger partial charge in [-0.15, -0.1) is 0 Å². The third-order valence-electron chi connectivity index (χ3n) is 7.99. The standard InChI is InChI=1S/C35H34ClN3S2/c1-19(2)33-27(15-23-8-6-7-9-30(23)40-31-17-39-29-16-24(36)11-13-26(29)31)21(4)22(5)34(37)35(33)41-32-18-38-28-14-20(3)10-12-25(28)32/h6-14,16-19,38-39H,15,37H2,1-5H3. The number of halogens is 1. The van der Waals surface area contributed by atoms with Crippen LogP contribution in [0.2, 0.25) is 5.02 Å². The topological polar surface area (TPSA) is 57.6 Å². The highest BCUT2D eigenvalue weighted by Gasteiger charge is 2.23. The van der Waals surface area contributed by atoms with Gasteiger partial charge < -0.3 is 15.7 Å². The number of benzene rings is 4. The normalized spacial score (nSPS) is 11.8. The second-order valence-electron chi connectivity index (χ2n) is 11.1. The fourth-order valence-electron chi connectivity index (χ4n) is 5.65. The van der Waals surface area contributed by atoms with Crippen LogP contribution < -0.4 is 5.73 Å². The minimum atomic E-state index is 0.319. The largest absolute Gasteiger partial charge is 0.398 e. The van der Waals surface area contributed by atoms with Gasteiger partial charge in [-0.2, -0.15) is 0 Å². The van der Waals surface area contributed by atoms with Crippen molar-refractivity contribution >= 4 is 62.6 Å². The Balaban J connectivity index is 1.42. The number of rotatable bonds is 7. The van der Waals surface area contributed by atoms with Gasteiger partial charge in [-0.25, -0.2) is 0 Å². The zero-order chi connectivity index (χ0) is 28.8. The summed E-state index contributed by atoms with van der Waals surface area (Å²) >= 11 is 9.83. The molecular weight excluding hydrogens is 562 g/mol. The summed E-state index contributed by atoms with van der Waals surface area (Å²) in [5, 5.41) is 3.16. The summed E-state index contributed by atoms with van der Waals surface area (Å²) in [5.41, 5.74) is 17.7. The molecule has 0 atom stereocenters. The van der Waals surface area contributed by atoms with Crippen LogP contribution in [0.4, 0.5) is 5.69 Å². The number of nitrogens with one attached hydrogen (secondary N) is 2. The lowest BCUT2D eigenvalue weighted by Gasteiger charge is -2.25. The van der Waals surface area contributed by atoms with Crippen LogP contribution in [0.15, 0.2) is 92.6 Å². The SMILES string of the molecule is Cc1ccc2c(Sc3c(N)c(C)c(C)c(Cc4ccccc4Sc4c[nH]c5cc(Cl)ccc45)c3C(C)C)c[nH]c2c1. The molecule has 4 N–H and O–H groups in total. The number of hydrogen-bond acceptors (Lipinski definition) is 3. The second-order valence-corrected chi connectivity index (χ2v) is 13.6. The predicted molar refractivity (Wildman–Crippen MR) is 178 cm³/mol. The Labute approximate surface area is 255 Å². The lowest BCUT2D eigenvalue weighted by atomic mass is 9.86. The molecule has 2 aromatic heterocycles. The van der Waals surface area contributed by atoms with E-state index in [2.05, 4.69) is 106 Å². The van der Waals surface area contributed by atoms with Gasteiger partial charge in [0.25, 0.3) is 0 Å². The maximum Gasteiger partial charge on any atom is 0.0491 e. The molecule has 4 aromatic carbocycles. The molecule has 0 unspecified atom stereocenters. The minimum absolute atomic E-state index is 0.319. The number of aryl methyl sites for hydroxylation is 1. The minimum Gasteiger partial charge on any atom is -0.398 e.